The SMILES string of the molecule is CC1(Oc2cc(F)ncn2)CCCCN1CCc1ccc(C(N)=O)c(F)c1. The summed E-state index contributed by atoms with van der Waals surface area (Å²) in [6.07, 6.45) is 4.49. The van der Waals surface area contributed by atoms with Crippen LogP contribution in [0.2, 0.25) is 0 Å². The van der Waals surface area contributed by atoms with Gasteiger partial charge in [0, 0.05) is 19.5 Å². The van der Waals surface area contributed by atoms with Crippen molar-refractivity contribution >= 4 is 5.91 Å². The van der Waals surface area contributed by atoms with E-state index in [2.05, 4.69) is 14.9 Å². The lowest BCUT2D eigenvalue weighted by Gasteiger charge is -2.44. The molecule has 0 aliphatic carbocycles. The first-order chi connectivity index (χ1) is 12.9. The van der Waals surface area contributed by atoms with Gasteiger partial charge in [0.2, 0.25) is 11.8 Å². The molecule has 1 atom stereocenters. The molecule has 2 heterocycles. The number of likely N-dealkylation sites (tertiary alicyclic amines) is 1. The highest BCUT2D eigenvalue weighted by Gasteiger charge is 2.36. The van der Waals surface area contributed by atoms with Crippen molar-refractivity contribution in [3.05, 3.63) is 53.5 Å². The average molecular weight is 376 g/mol. The average Bonchev–Trinajstić information content (AvgIpc) is 2.60. The summed E-state index contributed by atoms with van der Waals surface area (Å²) in [6, 6.07) is 5.60. The van der Waals surface area contributed by atoms with E-state index in [0.717, 1.165) is 43.8 Å². The molecule has 1 amide bonds. The van der Waals surface area contributed by atoms with Crippen LogP contribution in [-0.4, -0.2) is 39.6 Å². The van der Waals surface area contributed by atoms with Gasteiger partial charge < -0.3 is 10.5 Å². The Morgan fingerprint density at radius 3 is 2.81 bits per heavy atom. The topological polar surface area (TPSA) is 81.3 Å². The zero-order valence-electron chi connectivity index (χ0n) is 15.1. The number of nitrogens with two attached hydrogens (primary N) is 1. The number of benzene rings is 1. The predicted octanol–water partition coefficient (Wildman–Crippen LogP) is 2.68. The molecule has 1 fully saturated rings. The van der Waals surface area contributed by atoms with Crippen LogP contribution in [0.3, 0.4) is 0 Å². The predicted molar refractivity (Wildman–Crippen MR) is 95.1 cm³/mol. The maximum atomic E-state index is 14.0. The van der Waals surface area contributed by atoms with Crippen molar-refractivity contribution in [1.29, 1.82) is 0 Å². The minimum Gasteiger partial charge on any atom is -0.456 e. The number of carbonyl (C=O) groups excluding carboxylic acids is 1. The van der Waals surface area contributed by atoms with Crippen LogP contribution >= 0.6 is 0 Å². The van der Waals surface area contributed by atoms with E-state index in [1.807, 2.05) is 6.92 Å². The molecule has 1 aliphatic rings. The maximum absolute atomic E-state index is 14.0. The van der Waals surface area contributed by atoms with Gasteiger partial charge in [0.1, 0.15) is 12.1 Å². The van der Waals surface area contributed by atoms with Crippen LogP contribution in [0.5, 0.6) is 5.88 Å². The summed E-state index contributed by atoms with van der Waals surface area (Å²) in [4.78, 5) is 20.7. The molecule has 1 aromatic heterocycles. The highest BCUT2D eigenvalue weighted by Crippen LogP contribution is 2.30. The van der Waals surface area contributed by atoms with Gasteiger partial charge in [-0.25, -0.2) is 14.4 Å². The Kier molecular flexibility index (Phi) is 5.65. The number of carbonyl (C=O) groups is 1. The van der Waals surface area contributed by atoms with Crippen LogP contribution in [-0.2, 0) is 6.42 Å². The Balaban J connectivity index is 1.70. The van der Waals surface area contributed by atoms with Crippen molar-refractivity contribution in [3.63, 3.8) is 0 Å². The van der Waals surface area contributed by atoms with Gasteiger partial charge in [0.05, 0.1) is 11.6 Å². The molecular weight excluding hydrogens is 354 g/mol. The molecule has 2 N–H and O–H groups in total. The molecule has 1 aromatic carbocycles. The van der Waals surface area contributed by atoms with Gasteiger partial charge in [-0.2, -0.15) is 4.39 Å². The third-order valence-electron chi connectivity index (χ3n) is 4.89. The van der Waals surface area contributed by atoms with Crippen molar-refractivity contribution in [1.82, 2.24) is 14.9 Å². The Bertz CT molecular complexity index is 833. The van der Waals surface area contributed by atoms with E-state index in [1.54, 1.807) is 6.07 Å². The van der Waals surface area contributed by atoms with Crippen LogP contribution in [0, 0.1) is 11.8 Å². The number of aromatic nitrogens is 2. The van der Waals surface area contributed by atoms with Crippen molar-refractivity contribution in [2.45, 2.75) is 38.3 Å². The van der Waals surface area contributed by atoms with E-state index in [4.69, 9.17) is 10.5 Å². The number of hydrogen-bond donors (Lipinski definition) is 1. The molecular formula is C19H22F2N4O2. The minimum atomic E-state index is -0.784. The van der Waals surface area contributed by atoms with Crippen LogP contribution in [0.25, 0.3) is 0 Å². The zero-order chi connectivity index (χ0) is 19.4. The van der Waals surface area contributed by atoms with Gasteiger partial charge in [0.15, 0.2) is 5.72 Å². The van der Waals surface area contributed by atoms with Crippen molar-refractivity contribution in [2.75, 3.05) is 13.1 Å². The van der Waals surface area contributed by atoms with Gasteiger partial charge >= 0.3 is 0 Å². The highest BCUT2D eigenvalue weighted by atomic mass is 19.1. The first-order valence-electron chi connectivity index (χ1n) is 8.87. The Morgan fingerprint density at radius 2 is 2.11 bits per heavy atom. The van der Waals surface area contributed by atoms with Crippen molar-refractivity contribution in [2.24, 2.45) is 5.73 Å². The van der Waals surface area contributed by atoms with Crippen molar-refractivity contribution < 1.29 is 18.3 Å². The second-order valence-electron chi connectivity index (χ2n) is 6.83. The third-order valence-corrected chi connectivity index (χ3v) is 4.89. The summed E-state index contributed by atoms with van der Waals surface area (Å²) in [6.45, 7) is 3.38. The summed E-state index contributed by atoms with van der Waals surface area (Å²) in [7, 11) is 0. The summed E-state index contributed by atoms with van der Waals surface area (Å²) in [5, 5.41) is 0. The van der Waals surface area contributed by atoms with E-state index in [9.17, 15) is 13.6 Å². The first-order valence-corrected chi connectivity index (χ1v) is 8.87. The molecule has 6 nitrogen and oxygen atoms in total. The molecule has 8 heteroatoms. The highest BCUT2D eigenvalue weighted by molar-refractivity contribution is 5.93. The van der Waals surface area contributed by atoms with Crippen LogP contribution in [0.15, 0.2) is 30.6 Å². The second-order valence-corrected chi connectivity index (χ2v) is 6.83. The molecule has 2 aromatic rings. The monoisotopic (exact) mass is 376 g/mol. The third kappa shape index (κ3) is 4.57. The van der Waals surface area contributed by atoms with Crippen molar-refractivity contribution in [3.8, 4) is 5.88 Å². The van der Waals surface area contributed by atoms with E-state index < -0.39 is 23.4 Å². The summed E-state index contributed by atoms with van der Waals surface area (Å²) in [5.41, 5.74) is 5.15. The number of ether oxygens (including phenoxy) is 1. The Hall–Kier alpha value is -2.61. The Morgan fingerprint density at radius 1 is 1.30 bits per heavy atom. The normalized spacial score (nSPS) is 20.4. The molecule has 144 valence electrons. The second kappa shape index (κ2) is 7.96. The number of piperidine rings is 1. The van der Waals surface area contributed by atoms with Gasteiger partial charge in [-0.05, 0) is 43.9 Å². The molecule has 0 spiro atoms. The Labute approximate surface area is 156 Å². The first kappa shape index (κ1) is 19.2. The molecule has 1 aliphatic heterocycles. The zero-order valence-corrected chi connectivity index (χ0v) is 15.1. The quantitative estimate of drug-likeness (QED) is 0.784. The van der Waals surface area contributed by atoms with E-state index in [1.165, 1.54) is 12.1 Å². The minimum absolute atomic E-state index is 0.115. The molecule has 0 bridgehead atoms. The number of amides is 1. The lowest BCUT2D eigenvalue weighted by Crippen LogP contribution is -2.54. The smallest absolute Gasteiger partial charge is 0.251 e. The van der Waals surface area contributed by atoms with Gasteiger partial charge in [-0.3, -0.25) is 9.69 Å². The van der Waals surface area contributed by atoms with Gasteiger partial charge in [-0.1, -0.05) is 6.07 Å². The number of halogens is 2. The lowest BCUT2D eigenvalue weighted by atomic mass is 9.98. The molecule has 3 rings (SSSR count). The fraction of sp³-hybridized carbons (Fsp3) is 0.421. The molecule has 27 heavy (non-hydrogen) atoms. The van der Waals surface area contributed by atoms with Crippen LogP contribution in [0.1, 0.15) is 42.1 Å². The fourth-order valence-electron chi connectivity index (χ4n) is 3.39. The summed E-state index contributed by atoms with van der Waals surface area (Å²) >= 11 is 0. The largest absolute Gasteiger partial charge is 0.456 e. The molecule has 1 saturated heterocycles. The van der Waals surface area contributed by atoms with Crippen LogP contribution in [0.4, 0.5) is 8.78 Å². The lowest BCUT2D eigenvalue weighted by molar-refractivity contribution is -0.0979. The van der Waals surface area contributed by atoms with Gasteiger partial charge in [0.25, 0.3) is 5.91 Å². The van der Waals surface area contributed by atoms with E-state index in [0.29, 0.717) is 13.0 Å². The fourth-order valence-corrected chi connectivity index (χ4v) is 3.39. The summed E-state index contributed by atoms with van der Waals surface area (Å²) < 4.78 is 33.3. The standard InChI is InChI=1S/C19H22F2N4O2/c1-19(27-17-11-16(21)23-12-24-17)7-2-3-8-25(19)9-6-13-4-5-14(18(22)26)15(20)10-13/h4-5,10-12H,2-3,6-9H2,1H3,(H2,22,26). The number of rotatable bonds is 6. The molecule has 0 radical (unpaired) electrons. The maximum Gasteiger partial charge on any atom is 0.251 e. The number of nitrogens with zero attached hydrogens (tertiary/aromatic N) is 3. The molecule has 1 unspecified atom stereocenters. The van der Waals surface area contributed by atoms with E-state index in [-0.39, 0.29) is 11.4 Å². The number of primary amides is 1. The van der Waals surface area contributed by atoms with E-state index >= 15 is 0 Å². The summed E-state index contributed by atoms with van der Waals surface area (Å²) in [5.74, 6) is -1.85. The van der Waals surface area contributed by atoms with Gasteiger partial charge in [-0.15, -0.1) is 0 Å². The van der Waals surface area contributed by atoms with Crippen LogP contribution < -0.4 is 10.5 Å². The molecule has 0 saturated carbocycles. The number of hydrogen-bond acceptors (Lipinski definition) is 5.